The predicted octanol–water partition coefficient (Wildman–Crippen LogP) is 1.85. The molecule has 0 saturated heterocycles. The van der Waals surface area contributed by atoms with Crippen LogP contribution in [0.25, 0.3) is 0 Å². The van der Waals surface area contributed by atoms with Crippen LogP contribution >= 0.6 is 0 Å². The van der Waals surface area contributed by atoms with Crippen molar-refractivity contribution in [2.24, 2.45) is 0 Å². The molecule has 12 nitrogen and oxygen atoms in total. The van der Waals surface area contributed by atoms with Crippen molar-refractivity contribution >= 4 is 29.8 Å². The van der Waals surface area contributed by atoms with Crippen LogP contribution in [0, 0.1) is 0 Å². The number of rotatable bonds is 26. The Hall–Kier alpha value is -3.19. The van der Waals surface area contributed by atoms with Crippen LogP contribution < -0.4 is 16.0 Å². The summed E-state index contributed by atoms with van der Waals surface area (Å²) in [6.45, 7) is 6.63. The summed E-state index contributed by atoms with van der Waals surface area (Å²) in [5, 5.41) is 7.99. The summed E-state index contributed by atoms with van der Waals surface area (Å²) in [5.74, 6) is -0.912. The lowest BCUT2D eigenvalue weighted by Crippen LogP contribution is -2.47. The lowest BCUT2D eigenvalue weighted by Gasteiger charge is -2.18. The number of hydrogen-bond acceptors (Lipinski definition) is 9. The minimum absolute atomic E-state index is 0.0483. The topological polar surface area (TPSA) is 158 Å². The van der Waals surface area contributed by atoms with E-state index in [1.807, 2.05) is 0 Å². The Labute approximate surface area is 248 Å². The van der Waals surface area contributed by atoms with Gasteiger partial charge in [-0.05, 0) is 25.5 Å². The zero-order chi connectivity index (χ0) is 30.8. The number of ether oxygens (including phenoxy) is 4. The number of ketones is 1. The largest absolute Gasteiger partial charge is 0.379 e. The Bertz CT molecular complexity index is 925. The van der Waals surface area contributed by atoms with E-state index in [9.17, 15) is 24.0 Å². The molecule has 0 bridgehead atoms. The number of aldehydes is 1. The molecule has 3 amide bonds. The van der Waals surface area contributed by atoms with Crippen LogP contribution in [0.1, 0.15) is 73.1 Å². The van der Waals surface area contributed by atoms with Crippen LogP contribution in [0.3, 0.4) is 0 Å². The second-order valence-electron chi connectivity index (χ2n) is 9.47. The summed E-state index contributed by atoms with van der Waals surface area (Å²) in [5.41, 5.74) is 1.04. The quantitative estimate of drug-likeness (QED) is 0.0828. The summed E-state index contributed by atoms with van der Waals surface area (Å²) in [6.07, 6.45) is 5.19. The zero-order valence-electron chi connectivity index (χ0n) is 25.0. The van der Waals surface area contributed by atoms with E-state index in [0.29, 0.717) is 76.6 Å². The maximum absolute atomic E-state index is 12.2. The highest BCUT2D eigenvalue weighted by Gasteiger charge is 2.19. The number of carbonyl (C=O) groups is 5. The lowest BCUT2D eigenvalue weighted by molar-refractivity contribution is -0.130. The Morgan fingerprint density at radius 3 is 1.90 bits per heavy atom. The Morgan fingerprint density at radius 1 is 0.762 bits per heavy atom. The van der Waals surface area contributed by atoms with Gasteiger partial charge in [-0.2, -0.15) is 0 Å². The molecule has 1 atom stereocenters. The number of unbranched alkanes of at least 4 members (excludes halogenated alkanes) is 3. The van der Waals surface area contributed by atoms with E-state index < -0.39 is 6.04 Å². The monoisotopic (exact) mass is 593 g/mol. The van der Waals surface area contributed by atoms with Crippen molar-refractivity contribution in [2.75, 3.05) is 65.9 Å². The van der Waals surface area contributed by atoms with Crippen LogP contribution in [0.15, 0.2) is 24.3 Å². The summed E-state index contributed by atoms with van der Waals surface area (Å²) in [6, 6.07) is 5.82. The fraction of sp³-hybridized carbons (Fsp3) is 0.633. The predicted molar refractivity (Wildman–Crippen MR) is 156 cm³/mol. The fourth-order valence-electron chi connectivity index (χ4n) is 3.70. The highest BCUT2D eigenvalue weighted by molar-refractivity contribution is 5.97. The van der Waals surface area contributed by atoms with Gasteiger partial charge in [-0.25, -0.2) is 0 Å². The molecule has 0 aliphatic rings. The first-order chi connectivity index (χ1) is 20.4. The van der Waals surface area contributed by atoms with Gasteiger partial charge in [-0.15, -0.1) is 0 Å². The van der Waals surface area contributed by atoms with Crippen molar-refractivity contribution < 1.29 is 42.9 Å². The SMILES string of the molecule is CCCCCC[C@H](NC(=O)CCOCCOCCOCCOCCNC(=O)c1ccc(C(C)=O)cc1)C(=O)NCC=O. The van der Waals surface area contributed by atoms with Gasteiger partial charge in [0.15, 0.2) is 5.78 Å². The molecule has 1 aromatic rings. The van der Waals surface area contributed by atoms with Crippen molar-refractivity contribution in [3.63, 3.8) is 0 Å². The standard InChI is InChI=1S/C30H47N3O9/c1-3-4-5-6-7-27(30(38)31-13-15-34)33-28(36)12-16-39-18-20-41-22-23-42-21-19-40-17-14-32-29(37)26-10-8-25(9-11-26)24(2)35/h8-11,15,27H,3-7,12-14,16-23H2,1-2H3,(H,31,38)(H,32,37)(H,33,36)/t27-/m0/s1. The van der Waals surface area contributed by atoms with Gasteiger partial charge in [0.1, 0.15) is 12.3 Å². The molecule has 0 saturated carbocycles. The molecular weight excluding hydrogens is 546 g/mol. The normalized spacial score (nSPS) is 11.5. The molecule has 0 heterocycles. The zero-order valence-corrected chi connectivity index (χ0v) is 25.0. The summed E-state index contributed by atoms with van der Waals surface area (Å²) >= 11 is 0. The highest BCUT2D eigenvalue weighted by Crippen LogP contribution is 2.07. The van der Waals surface area contributed by atoms with Crippen LogP contribution in [0.5, 0.6) is 0 Å². The maximum Gasteiger partial charge on any atom is 0.251 e. The Kier molecular flexibility index (Phi) is 21.4. The molecule has 0 spiro atoms. The van der Waals surface area contributed by atoms with E-state index in [4.69, 9.17) is 18.9 Å². The molecule has 0 unspecified atom stereocenters. The van der Waals surface area contributed by atoms with E-state index in [0.717, 1.165) is 25.7 Å². The minimum atomic E-state index is -0.660. The summed E-state index contributed by atoms with van der Waals surface area (Å²) in [7, 11) is 0. The van der Waals surface area contributed by atoms with Crippen LogP contribution in [0.4, 0.5) is 0 Å². The van der Waals surface area contributed by atoms with Crippen LogP contribution in [-0.2, 0) is 33.3 Å². The first kappa shape index (κ1) is 36.8. The highest BCUT2D eigenvalue weighted by atomic mass is 16.6. The first-order valence-electron chi connectivity index (χ1n) is 14.6. The maximum atomic E-state index is 12.2. The molecule has 12 heteroatoms. The smallest absolute Gasteiger partial charge is 0.251 e. The molecular formula is C30H47N3O9. The molecule has 1 aromatic carbocycles. The molecule has 0 aliphatic carbocycles. The Balaban J connectivity index is 1.98. The molecule has 42 heavy (non-hydrogen) atoms. The second kappa shape index (κ2) is 24.4. The molecule has 3 N–H and O–H groups in total. The van der Waals surface area contributed by atoms with Gasteiger partial charge in [0, 0.05) is 24.1 Å². The average Bonchev–Trinajstić information content (AvgIpc) is 2.99. The van der Waals surface area contributed by atoms with E-state index in [1.54, 1.807) is 24.3 Å². The summed E-state index contributed by atoms with van der Waals surface area (Å²) in [4.78, 5) is 58.3. The van der Waals surface area contributed by atoms with Gasteiger partial charge in [0.2, 0.25) is 11.8 Å². The van der Waals surface area contributed by atoms with Gasteiger partial charge in [-0.1, -0.05) is 44.7 Å². The van der Waals surface area contributed by atoms with E-state index in [1.165, 1.54) is 6.92 Å². The van der Waals surface area contributed by atoms with E-state index in [2.05, 4.69) is 22.9 Å². The average molecular weight is 594 g/mol. The number of nitrogens with one attached hydrogen (secondary N) is 3. The van der Waals surface area contributed by atoms with Crippen molar-refractivity contribution in [1.82, 2.24) is 16.0 Å². The minimum Gasteiger partial charge on any atom is -0.379 e. The van der Waals surface area contributed by atoms with Gasteiger partial charge >= 0.3 is 0 Å². The molecule has 0 radical (unpaired) electrons. The van der Waals surface area contributed by atoms with E-state index in [-0.39, 0.29) is 43.1 Å². The third-order valence-corrected chi connectivity index (χ3v) is 6.03. The number of benzene rings is 1. The number of carbonyl (C=O) groups excluding carboxylic acids is 5. The van der Waals surface area contributed by atoms with Gasteiger partial charge in [0.25, 0.3) is 5.91 Å². The number of Topliss-reactive ketones (excluding diaryl/α,β-unsaturated/α-hetero) is 1. The first-order valence-corrected chi connectivity index (χ1v) is 14.6. The summed E-state index contributed by atoms with van der Waals surface area (Å²) < 4.78 is 21.7. The van der Waals surface area contributed by atoms with Crippen molar-refractivity contribution in [3.8, 4) is 0 Å². The fourth-order valence-corrected chi connectivity index (χ4v) is 3.70. The van der Waals surface area contributed by atoms with Crippen LogP contribution in [-0.4, -0.2) is 102 Å². The van der Waals surface area contributed by atoms with E-state index >= 15 is 0 Å². The number of amides is 3. The number of hydrogen-bond donors (Lipinski definition) is 3. The Morgan fingerprint density at radius 2 is 1.33 bits per heavy atom. The van der Waals surface area contributed by atoms with Crippen molar-refractivity contribution in [1.29, 1.82) is 0 Å². The molecule has 1 rings (SSSR count). The van der Waals surface area contributed by atoms with Gasteiger partial charge in [-0.3, -0.25) is 19.2 Å². The van der Waals surface area contributed by atoms with Gasteiger partial charge in [0.05, 0.1) is 59.4 Å². The van der Waals surface area contributed by atoms with Crippen molar-refractivity contribution in [2.45, 2.75) is 58.4 Å². The molecule has 236 valence electrons. The molecule has 0 aromatic heterocycles. The third-order valence-electron chi connectivity index (χ3n) is 6.03. The molecule has 0 fully saturated rings. The molecule has 0 aliphatic heterocycles. The second-order valence-corrected chi connectivity index (χ2v) is 9.47. The lowest BCUT2D eigenvalue weighted by atomic mass is 10.1. The van der Waals surface area contributed by atoms with Gasteiger partial charge < -0.3 is 39.7 Å². The third kappa shape index (κ3) is 18.3. The van der Waals surface area contributed by atoms with Crippen molar-refractivity contribution in [3.05, 3.63) is 35.4 Å². The van der Waals surface area contributed by atoms with Crippen LogP contribution in [0.2, 0.25) is 0 Å².